The van der Waals surface area contributed by atoms with Crippen molar-refractivity contribution >= 4 is 34.5 Å². The third-order valence-electron chi connectivity index (χ3n) is 1.88. The van der Waals surface area contributed by atoms with Crippen molar-refractivity contribution < 1.29 is 4.79 Å². The van der Waals surface area contributed by atoms with Crippen molar-refractivity contribution in [1.82, 2.24) is 0 Å². The Balaban J connectivity index is 2.17. The van der Waals surface area contributed by atoms with Gasteiger partial charge in [-0.3, -0.25) is 9.43 Å². The molecule has 10 heavy (non-hydrogen) atoms. The lowest BCUT2D eigenvalue weighted by Gasteiger charge is -2.23. The molecule has 0 saturated heterocycles. The molecule has 0 aromatic carbocycles. The summed E-state index contributed by atoms with van der Waals surface area (Å²) in [6.07, 6.45) is 4.53. The smallest absolute Gasteiger partial charge is 0.237 e. The molecule has 0 spiro atoms. The number of halogens is 1. The van der Waals surface area contributed by atoms with Gasteiger partial charge in [-0.15, -0.1) is 0 Å². The fraction of sp³-hybridized carbons (Fsp3) is 0.833. The SMILES string of the molecule is O=C(CC1CCC1)N=[SiH]I. The first-order valence-electron chi connectivity index (χ1n) is 3.48. The molecule has 1 aliphatic carbocycles. The number of amides is 1. The molecule has 2 nitrogen and oxygen atoms in total. The van der Waals surface area contributed by atoms with E-state index >= 15 is 0 Å². The highest BCUT2D eigenvalue weighted by Gasteiger charge is 2.19. The van der Waals surface area contributed by atoms with Crippen LogP contribution in [-0.2, 0) is 4.79 Å². The first-order chi connectivity index (χ1) is 4.83. The van der Waals surface area contributed by atoms with E-state index in [1.54, 1.807) is 0 Å². The van der Waals surface area contributed by atoms with Crippen molar-refractivity contribution in [3.63, 3.8) is 0 Å². The van der Waals surface area contributed by atoms with Crippen LogP contribution >= 0.6 is 21.8 Å². The second kappa shape index (κ2) is 4.33. The summed E-state index contributed by atoms with van der Waals surface area (Å²) in [5.74, 6) is 0.813. The molecule has 0 aliphatic heterocycles. The molecule has 1 saturated carbocycles. The average Bonchev–Trinajstić information content (AvgIpc) is 1.80. The highest BCUT2D eigenvalue weighted by Crippen LogP contribution is 2.29. The molecule has 0 heterocycles. The van der Waals surface area contributed by atoms with Crippen LogP contribution in [0.15, 0.2) is 4.63 Å². The van der Waals surface area contributed by atoms with Gasteiger partial charge >= 0.3 is 0 Å². The Morgan fingerprint density at radius 1 is 1.70 bits per heavy atom. The molecule has 1 amide bonds. The van der Waals surface area contributed by atoms with Gasteiger partial charge in [0, 0.05) is 6.42 Å². The zero-order chi connectivity index (χ0) is 7.40. The summed E-state index contributed by atoms with van der Waals surface area (Å²) in [6, 6.07) is 0. The second-order valence-corrected chi connectivity index (χ2v) is 4.75. The van der Waals surface area contributed by atoms with Crippen LogP contribution in [-0.4, -0.2) is 12.7 Å². The minimum Gasteiger partial charge on any atom is -0.274 e. The van der Waals surface area contributed by atoms with Crippen LogP contribution in [0.25, 0.3) is 0 Å². The molecular weight excluding hydrogens is 257 g/mol. The number of rotatable bonds is 2. The lowest BCUT2D eigenvalue weighted by atomic mass is 9.83. The van der Waals surface area contributed by atoms with Gasteiger partial charge in [-0.1, -0.05) is 28.2 Å². The molecule has 0 aromatic heterocycles. The van der Waals surface area contributed by atoms with Crippen LogP contribution in [0.2, 0.25) is 0 Å². The second-order valence-electron chi connectivity index (χ2n) is 2.62. The summed E-state index contributed by atoms with van der Waals surface area (Å²) in [6.45, 7) is -0.00296. The van der Waals surface area contributed by atoms with Crippen LogP contribution in [0.5, 0.6) is 0 Å². The van der Waals surface area contributed by atoms with Crippen molar-refractivity contribution in [1.29, 1.82) is 0 Å². The Labute approximate surface area is 75.5 Å². The van der Waals surface area contributed by atoms with E-state index in [1.807, 2.05) is 0 Å². The van der Waals surface area contributed by atoms with Crippen LogP contribution in [0.3, 0.4) is 0 Å². The predicted octanol–water partition coefficient (Wildman–Crippen LogP) is 1.67. The van der Waals surface area contributed by atoms with Gasteiger partial charge in [0.05, 0.1) is 0 Å². The van der Waals surface area contributed by atoms with E-state index in [9.17, 15) is 4.79 Å². The summed E-state index contributed by atoms with van der Waals surface area (Å²) in [4.78, 5) is 10.9. The van der Waals surface area contributed by atoms with E-state index in [4.69, 9.17) is 0 Å². The third kappa shape index (κ3) is 2.57. The molecule has 0 unspecified atom stereocenters. The molecule has 0 bridgehead atoms. The zero-order valence-corrected chi connectivity index (χ0v) is 9.03. The molecule has 1 fully saturated rings. The quantitative estimate of drug-likeness (QED) is 0.425. The number of carbonyl (C=O) groups excluding carboxylic acids is 1. The Kier molecular flexibility index (Phi) is 3.68. The Morgan fingerprint density at radius 3 is 2.80 bits per heavy atom. The number of hydrogen-bond donors (Lipinski definition) is 0. The first kappa shape index (κ1) is 8.51. The van der Waals surface area contributed by atoms with Gasteiger partial charge < -0.3 is 0 Å². The Hall–Kier alpha value is 0.417. The molecular formula is C6H10INOSi. The Bertz CT molecular complexity index is 156. The summed E-state index contributed by atoms with van der Waals surface area (Å²) >= 11 is 2.18. The first-order valence-corrected chi connectivity index (χ1v) is 8.17. The fourth-order valence-corrected chi connectivity index (χ4v) is 2.20. The summed E-state index contributed by atoms with van der Waals surface area (Å²) < 4.78 is 3.88. The van der Waals surface area contributed by atoms with E-state index in [2.05, 4.69) is 26.4 Å². The topological polar surface area (TPSA) is 29.4 Å². The van der Waals surface area contributed by atoms with Crippen LogP contribution in [0.4, 0.5) is 0 Å². The zero-order valence-electron chi connectivity index (χ0n) is 5.72. The predicted molar refractivity (Wildman–Crippen MR) is 50.6 cm³/mol. The van der Waals surface area contributed by atoms with E-state index in [1.165, 1.54) is 19.3 Å². The fourth-order valence-electron chi connectivity index (χ4n) is 1.05. The molecule has 0 atom stereocenters. The molecule has 0 radical (unpaired) electrons. The number of hydrogen-bond acceptors (Lipinski definition) is 1. The standard InChI is InChI=1S/C6H10INOSi/c7-10-8-6(9)4-5-2-1-3-5/h5,10H,1-4H2. The molecule has 0 aromatic rings. The average molecular weight is 267 g/mol. The van der Waals surface area contributed by atoms with Gasteiger partial charge in [-0.25, -0.2) is 0 Å². The maximum absolute atomic E-state index is 10.9. The van der Waals surface area contributed by atoms with Crippen molar-refractivity contribution in [3.05, 3.63) is 0 Å². The minimum absolute atomic E-state index is 0.00296. The van der Waals surface area contributed by atoms with E-state index in [0.717, 1.165) is 6.42 Å². The minimum atomic E-state index is -0.00296. The van der Waals surface area contributed by atoms with E-state index < -0.39 is 0 Å². The third-order valence-corrected chi connectivity index (χ3v) is 3.10. The van der Waals surface area contributed by atoms with Crippen molar-refractivity contribution in [2.45, 2.75) is 25.7 Å². The van der Waals surface area contributed by atoms with Gasteiger partial charge in [0.1, 0.15) is 0 Å². The highest BCUT2D eigenvalue weighted by molar-refractivity contribution is 14.1. The highest BCUT2D eigenvalue weighted by atomic mass is 127. The lowest BCUT2D eigenvalue weighted by molar-refractivity contribution is -0.119. The lowest BCUT2D eigenvalue weighted by Crippen LogP contribution is -2.14. The molecule has 1 aliphatic rings. The Morgan fingerprint density at radius 2 is 2.40 bits per heavy atom. The van der Waals surface area contributed by atoms with Gasteiger partial charge in [0.25, 0.3) is 0 Å². The van der Waals surface area contributed by atoms with Crippen molar-refractivity contribution in [2.24, 2.45) is 10.6 Å². The number of carbonyl (C=O) groups is 1. The van der Waals surface area contributed by atoms with Gasteiger partial charge in [0.2, 0.25) is 5.91 Å². The van der Waals surface area contributed by atoms with Crippen LogP contribution < -0.4 is 0 Å². The molecule has 1 rings (SSSR count). The van der Waals surface area contributed by atoms with Crippen LogP contribution in [0, 0.1) is 5.92 Å². The molecule has 4 heteroatoms. The van der Waals surface area contributed by atoms with Crippen molar-refractivity contribution in [2.75, 3.05) is 0 Å². The summed E-state index contributed by atoms with van der Waals surface area (Å²) in [7, 11) is 0. The maximum atomic E-state index is 10.9. The van der Waals surface area contributed by atoms with Crippen molar-refractivity contribution in [3.8, 4) is 0 Å². The summed E-state index contributed by atoms with van der Waals surface area (Å²) in [5.41, 5.74) is 0. The number of nitrogens with zero attached hydrogens (tertiary/aromatic N) is 1. The van der Waals surface area contributed by atoms with E-state index in [-0.39, 0.29) is 12.7 Å². The van der Waals surface area contributed by atoms with Gasteiger partial charge in [0.15, 0.2) is 6.81 Å². The maximum Gasteiger partial charge on any atom is 0.237 e. The van der Waals surface area contributed by atoms with Crippen LogP contribution in [0.1, 0.15) is 25.7 Å². The van der Waals surface area contributed by atoms with Gasteiger partial charge in [-0.2, -0.15) is 0 Å². The largest absolute Gasteiger partial charge is 0.274 e. The summed E-state index contributed by atoms with van der Waals surface area (Å²) in [5, 5.41) is 0. The van der Waals surface area contributed by atoms with Gasteiger partial charge in [-0.05, 0) is 18.8 Å². The normalized spacial score (nSPS) is 19.3. The van der Waals surface area contributed by atoms with E-state index in [0.29, 0.717) is 5.92 Å². The monoisotopic (exact) mass is 267 g/mol. The molecule has 0 N–H and O–H groups in total. The molecule has 56 valence electrons.